The Morgan fingerprint density at radius 2 is 1.16 bits per heavy atom. The van der Waals surface area contributed by atoms with Crippen LogP contribution in [0.2, 0.25) is 0 Å². The summed E-state index contributed by atoms with van der Waals surface area (Å²) in [5.41, 5.74) is 8.74. The average Bonchev–Trinajstić information content (AvgIpc) is 3.07. The molecule has 13 heteroatoms. The zero-order chi connectivity index (χ0) is 31.7. The van der Waals surface area contributed by atoms with Crippen molar-refractivity contribution in [1.82, 2.24) is 20.3 Å². The molecule has 0 aliphatic rings. The van der Waals surface area contributed by atoms with E-state index in [1.165, 1.54) is 12.1 Å². The molecule has 0 saturated carbocycles. The highest BCUT2D eigenvalue weighted by atomic mass is 19.1. The Morgan fingerprint density at radius 3 is 1.64 bits per heavy atom. The second-order valence-corrected chi connectivity index (χ2v) is 9.81. The van der Waals surface area contributed by atoms with Gasteiger partial charge in [0.05, 0.1) is 33.5 Å². The molecule has 0 fully saturated rings. The van der Waals surface area contributed by atoms with E-state index in [0.29, 0.717) is 82.6 Å². The van der Waals surface area contributed by atoms with E-state index in [1.54, 1.807) is 31.4 Å². The minimum atomic E-state index is -0.296. The highest BCUT2D eigenvalue weighted by molar-refractivity contribution is 5.94. The second kappa shape index (κ2) is 18.1. The first-order valence-electron chi connectivity index (χ1n) is 14.6. The van der Waals surface area contributed by atoms with E-state index in [-0.39, 0.29) is 11.7 Å². The maximum absolute atomic E-state index is 13.3. The van der Waals surface area contributed by atoms with Gasteiger partial charge in [-0.05, 0) is 53.1 Å². The van der Waals surface area contributed by atoms with Crippen molar-refractivity contribution in [2.45, 2.75) is 19.6 Å². The molecule has 0 unspecified atom stereocenters. The van der Waals surface area contributed by atoms with Gasteiger partial charge >= 0.3 is 0 Å². The molecule has 0 atom stereocenters. The molecule has 6 N–H and O–H groups in total. The fraction of sp³-hybridized carbons (Fsp3) is 0.312. The number of nitrogens with two attached hydrogens (primary N) is 1. The van der Waals surface area contributed by atoms with Crippen LogP contribution in [0, 0.1) is 5.82 Å². The lowest BCUT2D eigenvalue weighted by Crippen LogP contribution is -2.27. The van der Waals surface area contributed by atoms with Gasteiger partial charge in [-0.15, -0.1) is 0 Å². The topological polar surface area (TPSA) is 158 Å². The van der Waals surface area contributed by atoms with Gasteiger partial charge in [0, 0.05) is 38.3 Å². The largest absolute Gasteiger partial charge is 0.497 e. The van der Waals surface area contributed by atoms with E-state index in [9.17, 15) is 9.18 Å². The molecule has 1 amide bonds. The number of benzene rings is 3. The zero-order valence-electron chi connectivity index (χ0n) is 25.2. The molecule has 45 heavy (non-hydrogen) atoms. The zero-order valence-corrected chi connectivity index (χ0v) is 25.2. The number of rotatable bonds is 19. The summed E-state index contributed by atoms with van der Waals surface area (Å²) in [7, 11) is 1.63. The standard InChI is InChI=1S/C32H39FN8O4/c1-43-28-12-6-25(7-13-28)22-38-32-40-30(39-31(41-32)37-21-24-4-10-27(33)11-5-24)36-20-23-2-8-26(9-3-23)29(42)35-15-17-45-19-18-44-16-14-34/h2-13H,14-22,34H2,1H3,(H,35,42)(H3,36,37,38,39,40,41). The number of nitrogens with one attached hydrogen (secondary N) is 4. The third-order valence-corrected chi connectivity index (χ3v) is 6.44. The fourth-order valence-electron chi connectivity index (χ4n) is 4.02. The van der Waals surface area contributed by atoms with Crippen LogP contribution in [0.1, 0.15) is 27.0 Å². The van der Waals surface area contributed by atoms with Gasteiger partial charge in [-0.1, -0.05) is 36.4 Å². The van der Waals surface area contributed by atoms with Crippen LogP contribution in [0.15, 0.2) is 72.8 Å². The maximum atomic E-state index is 13.3. The first-order valence-corrected chi connectivity index (χ1v) is 14.6. The third kappa shape index (κ3) is 11.6. The predicted octanol–water partition coefficient (Wildman–Crippen LogP) is 3.58. The summed E-state index contributed by atoms with van der Waals surface area (Å²) in [6.45, 7) is 4.00. The van der Waals surface area contributed by atoms with Gasteiger partial charge in [-0.2, -0.15) is 15.0 Å². The number of methoxy groups -OCH3 is 1. The highest BCUT2D eigenvalue weighted by Gasteiger charge is 2.09. The van der Waals surface area contributed by atoms with Gasteiger partial charge < -0.3 is 41.2 Å². The molecular weight excluding hydrogens is 579 g/mol. The number of nitrogens with zero attached hydrogens (tertiary/aromatic N) is 3. The number of aromatic nitrogens is 3. The minimum absolute atomic E-state index is 0.181. The summed E-state index contributed by atoms with van der Waals surface area (Å²) in [4.78, 5) is 26.0. The van der Waals surface area contributed by atoms with Crippen LogP contribution in [0.25, 0.3) is 0 Å². The van der Waals surface area contributed by atoms with Crippen LogP contribution < -0.4 is 31.7 Å². The number of ether oxygens (including phenoxy) is 3. The van der Waals surface area contributed by atoms with Crippen molar-refractivity contribution in [3.05, 3.63) is 101 Å². The fourth-order valence-corrected chi connectivity index (χ4v) is 4.02. The second-order valence-electron chi connectivity index (χ2n) is 9.81. The van der Waals surface area contributed by atoms with Crippen molar-refractivity contribution in [2.75, 3.05) is 62.6 Å². The molecule has 4 aromatic rings. The molecule has 0 saturated heterocycles. The van der Waals surface area contributed by atoms with Crippen LogP contribution in [0.3, 0.4) is 0 Å². The molecule has 0 bridgehead atoms. The van der Waals surface area contributed by atoms with Crippen LogP contribution in [-0.2, 0) is 29.1 Å². The van der Waals surface area contributed by atoms with E-state index in [0.717, 1.165) is 22.4 Å². The number of amides is 1. The van der Waals surface area contributed by atoms with E-state index < -0.39 is 0 Å². The Labute approximate surface area is 261 Å². The SMILES string of the molecule is COc1ccc(CNc2nc(NCc3ccc(F)cc3)nc(NCc3ccc(C(=O)NCCOCCOCCN)cc3)n2)cc1. The van der Waals surface area contributed by atoms with Crippen molar-refractivity contribution in [3.8, 4) is 5.75 Å². The van der Waals surface area contributed by atoms with Gasteiger partial charge in [0.2, 0.25) is 17.8 Å². The quantitative estimate of drug-likeness (QED) is 0.0979. The van der Waals surface area contributed by atoms with Crippen molar-refractivity contribution >= 4 is 23.8 Å². The molecule has 0 aliphatic heterocycles. The summed E-state index contributed by atoms with van der Waals surface area (Å²) in [6.07, 6.45) is 0. The minimum Gasteiger partial charge on any atom is -0.497 e. The molecule has 3 aromatic carbocycles. The Kier molecular flexibility index (Phi) is 13.3. The molecular formula is C32H39FN8O4. The van der Waals surface area contributed by atoms with Crippen molar-refractivity contribution < 1.29 is 23.4 Å². The van der Waals surface area contributed by atoms with Gasteiger partial charge in [-0.3, -0.25) is 4.79 Å². The summed E-state index contributed by atoms with van der Waals surface area (Å²) in [5.74, 6) is 1.39. The number of carbonyl (C=O) groups is 1. The third-order valence-electron chi connectivity index (χ3n) is 6.44. The number of hydrogen-bond acceptors (Lipinski definition) is 11. The van der Waals surface area contributed by atoms with Gasteiger partial charge in [0.1, 0.15) is 11.6 Å². The molecule has 12 nitrogen and oxygen atoms in total. The summed E-state index contributed by atoms with van der Waals surface area (Å²) < 4.78 is 29.2. The van der Waals surface area contributed by atoms with Crippen molar-refractivity contribution in [3.63, 3.8) is 0 Å². The van der Waals surface area contributed by atoms with Crippen LogP contribution in [0.4, 0.5) is 22.2 Å². The lowest BCUT2D eigenvalue weighted by Gasteiger charge is -2.12. The molecule has 0 aliphatic carbocycles. The Balaban J connectivity index is 1.32. The average molecular weight is 619 g/mol. The normalized spacial score (nSPS) is 10.7. The molecule has 1 heterocycles. The molecule has 0 radical (unpaired) electrons. The molecule has 238 valence electrons. The lowest BCUT2D eigenvalue weighted by molar-refractivity contribution is 0.0511. The van der Waals surface area contributed by atoms with E-state index >= 15 is 0 Å². The molecule has 1 aromatic heterocycles. The Bertz CT molecular complexity index is 1460. The molecule has 4 rings (SSSR count). The Morgan fingerprint density at radius 1 is 0.689 bits per heavy atom. The monoisotopic (exact) mass is 618 g/mol. The van der Waals surface area contributed by atoms with Crippen molar-refractivity contribution in [1.29, 1.82) is 0 Å². The first kappa shape index (κ1) is 33.1. The van der Waals surface area contributed by atoms with Crippen LogP contribution in [0.5, 0.6) is 5.75 Å². The van der Waals surface area contributed by atoms with Gasteiger partial charge in [-0.25, -0.2) is 4.39 Å². The maximum Gasteiger partial charge on any atom is 0.251 e. The number of halogens is 1. The summed E-state index contributed by atoms with van der Waals surface area (Å²) in [5, 5.41) is 12.5. The summed E-state index contributed by atoms with van der Waals surface area (Å²) >= 11 is 0. The lowest BCUT2D eigenvalue weighted by atomic mass is 10.1. The molecule has 0 spiro atoms. The van der Waals surface area contributed by atoms with E-state index in [4.69, 9.17) is 19.9 Å². The van der Waals surface area contributed by atoms with Crippen molar-refractivity contribution in [2.24, 2.45) is 5.73 Å². The highest BCUT2D eigenvalue weighted by Crippen LogP contribution is 2.16. The summed E-state index contributed by atoms with van der Waals surface area (Å²) in [6, 6.07) is 21.2. The predicted molar refractivity (Wildman–Crippen MR) is 171 cm³/mol. The number of hydrogen-bond donors (Lipinski definition) is 5. The number of anilines is 3. The smallest absolute Gasteiger partial charge is 0.251 e. The Hall–Kier alpha value is -4.85. The van der Waals surface area contributed by atoms with Gasteiger partial charge in [0.25, 0.3) is 5.91 Å². The van der Waals surface area contributed by atoms with Crippen LogP contribution >= 0.6 is 0 Å². The number of carbonyl (C=O) groups excluding carboxylic acids is 1. The van der Waals surface area contributed by atoms with E-state index in [1.807, 2.05) is 36.4 Å². The van der Waals surface area contributed by atoms with Crippen LogP contribution in [-0.4, -0.2) is 67.5 Å². The van der Waals surface area contributed by atoms with E-state index in [2.05, 4.69) is 36.2 Å². The van der Waals surface area contributed by atoms with Gasteiger partial charge in [0.15, 0.2) is 0 Å². The first-order chi connectivity index (χ1) is 22.0.